The van der Waals surface area contributed by atoms with Gasteiger partial charge >= 0.3 is 5.97 Å². The molecule has 1 N–H and O–H groups in total. The van der Waals surface area contributed by atoms with Gasteiger partial charge in [-0.15, -0.1) is 0 Å². The number of nitrogens with zero attached hydrogens (tertiary/aromatic N) is 3. The molecule has 5 nitrogen and oxygen atoms in total. The lowest BCUT2D eigenvalue weighted by molar-refractivity contribution is -0.138. The van der Waals surface area contributed by atoms with E-state index in [2.05, 4.69) is 4.98 Å². The van der Waals surface area contributed by atoms with Crippen LogP contribution >= 0.6 is 0 Å². The first-order valence-corrected chi connectivity index (χ1v) is 5.61. The Bertz CT molecular complexity index is 336. The first-order chi connectivity index (χ1) is 7.67. The summed E-state index contributed by atoms with van der Waals surface area (Å²) < 4.78 is 2.03. The number of hydrogen-bond acceptors (Lipinski definition) is 3. The first kappa shape index (κ1) is 12.7. The van der Waals surface area contributed by atoms with E-state index in [9.17, 15) is 4.79 Å². The Kier molecular flexibility index (Phi) is 4.98. The fraction of sp³-hybridized carbons (Fsp3) is 0.636. The summed E-state index contributed by atoms with van der Waals surface area (Å²) in [6.45, 7) is 6.41. The van der Waals surface area contributed by atoms with Gasteiger partial charge in [0.25, 0.3) is 0 Å². The van der Waals surface area contributed by atoms with Crippen molar-refractivity contribution in [3.05, 3.63) is 18.2 Å². The molecule has 0 aliphatic rings. The van der Waals surface area contributed by atoms with E-state index in [0.717, 1.165) is 25.3 Å². The van der Waals surface area contributed by atoms with Crippen LogP contribution in [0.1, 0.15) is 26.1 Å². The lowest BCUT2D eigenvalue weighted by Crippen LogP contribution is -2.31. The number of carbonyl (C=O) groups is 1. The van der Waals surface area contributed by atoms with Crippen LogP contribution in [0.5, 0.6) is 0 Å². The van der Waals surface area contributed by atoms with Gasteiger partial charge in [0, 0.05) is 18.9 Å². The number of rotatable bonds is 7. The van der Waals surface area contributed by atoms with E-state index in [1.54, 1.807) is 6.20 Å². The summed E-state index contributed by atoms with van der Waals surface area (Å²) in [5, 5.41) is 8.80. The minimum Gasteiger partial charge on any atom is -0.480 e. The number of imidazole rings is 1. The van der Waals surface area contributed by atoms with Crippen LogP contribution in [-0.2, 0) is 17.9 Å². The molecule has 0 aromatic carbocycles. The van der Waals surface area contributed by atoms with Crippen molar-refractivity contribution in [1.29, 1.82) is 0 Å². The molecule has 0 saturated heterocycles. The SMILES string of the molecule is CCCN(CC(=O)O)Cc1nccn1CC. The molecule has 0 radical (unpaired) electrons. The van der Waals surface area contributed by atoms with Crippen LogP contribution in [0.25, 0.3) is 0 Å². The van der Waals surface area contributed by atoms with Crippen LogP contribution in [0.3, 0.4) is 0 Å². The molecule has 0 fully saturated rings. The maximum absolute atomic E-state index is 10.7. The first-order valence-electron chi connectivity index (χ1n) is 5.61. The molecule has 1 aromatic heterocycles. The largest absolute Gasteiger partial charge is 0.480 e. The lowest BCUT2D eigenvalue weighted by atomic mass is 10.3. The van der Waals surface area contributed by atoms with Gasteiger partial charge in [0.15, 0.2) is 0 Å². The summed E-state index contributed by atoms with van der Waals surface area (Å²) in [7, 11) is 0. The van der Waals surface area contributed by atoms with Gasteiger partial charge in [0.1, 0.15) is 5.82 Å². The van der Waals surface area contributed by atoms with Crippen molar-refractivity contribution in [3.8, 4) is 0 Å². The Morgan fingerprint density at radius 3 is 2.88 bits per heavy atom. The molecule has 0 unspecified atom stereocenters. The highest BCUT2D eigenvalue weighted by molar-refractivity contribution is 5.69. The van der Waals surface area contributed by atoms with Gasteiger partial charge in [-0.2, -0.15) is 0 Å². The number of hydrogen-bond donors (Lipinski definition) is 1. The Hall–Kier alpha value is -1.36. The zero-order valence-corrected chi connectivity index (χ0v) is 9.89. The second-order valence-corrected chi connectivity index (χ2v) is 3.73. The Morgan fingerprint density at radius 2 is 2.31 bits per heavy atom. The molecule has 90 valence electrons. The molecule has 0 spiro atoms. The molecule has 0 bridgehead atoms. The zero-order chi connectivity index (χ0) is 12.0. The highest BCUT2D eigenvalue weighted by atomic mass is 16.4. The fourth-order valence-electron chi connectivity index (χ4n) is 1.70. The molecule has 1 heterocycles. The summed E-state index contributed by atoms with van der Waals surface area (Å²) in [4.78, 5) is 16.8. The van der Waals surface area contributed by atoms with Crippen LogP contribution in [0, 0.1) is 0 Å². The summed E-state index contributed by atoms with van der Waals surface area (Å²) in [6.07, 6.45) is 4.62. The predicted molar refractivity (Wildman–Crippen MR) is 61.1 cm³/mol. The minimum atomic E-state index is -0.789. The van der Waals surface area contributed by atoms with E-state index in [0.29, 0.717) is 6.54 Å². The third-order valence-corrected chi connectivity index (χ3v) is 2.41. The Balaban J connectivity index is 2.63. The molecule has 16 heavy (non-hydrogen) atoms. The van der Waals surface area contributed by atoms with Crippen molar-refractivity contribution in [2.45, 2.75) is 33.4 Å². The summed E-state index contributed by atoms with van der Waals surface area (Å²) >= 11 is 0. The third-order valence-electron chi connectivity index (χ3n) is 2.41. The Labute approximate surface area is 95.7 Å². The van der Waals surface area contributed by atoms with E-state index in [4.69, 9.17) is 5.11 Å². The number of aromatic nitrogens is 2. The minimum absolute atomic E-state index is 0.0738. The van der Waals surface area contributed by atoms with Gasteiger partial charge in [-0.25, -0.2) is 4.98 Å². The number of carboxylic acids is 1. The molecule has 1 rings (SSSR count). The van der Waals surface area contributed by atoms with Crippen LogP contribution in [0.2, 0.25) is 0 Å². The van der Waals surface area contributed by atoms with E-state index < -0.39 is 5.97 Å². The number of carboxylic acid groups (broad SMARTS) is 1. The summed E-state index contributed by atoms with van der Waals surface area (Å²) in [5.74, 6) is 0.139. The maximum atomic E-state index is 10.7. The van der Waals surface area contributed by atoms with E-state index in [-0.39, 0.29) is 6.54 Å². The monoisotopic (exact) mass is 225 g/mol. The van der Waals surface area contributed by atoms with Gasteiger partial charge in [-0.1, -0.05) is 6.92 Å². The maximum Gasteiger partial charge on any atom is 0.317 e. The standard InChI is InChI=1S/C11H19N3O2/c1-3-6-13(9-11(15)16)8-10-12-5-7-14(10)4-2/h5,7H,3-4,6,8-9H2,1-2H3,(H,15,16). The van der Waals surface area contributed by atoms with Crippen molar-refractivity contribution < 1.29 is 9.90 Å². The number of aliphatic carboxylic acids is 1. The average Bonchev–Trinajstić information content (AvgIpc) is 2.64. The van der Waals surface area contributed by atoms with Gasteiger partial charge in [0.2, 0.25) is 0 Å². The van der Waals surface area contributed by atoms with Gasteiger partial charge < -0.3 is 9.67 Å². The molecule has 0 aliphatic heterocycles. The van der Waals surface area contributed by atoms with E-state index in [1.165, 1.54) is 0 Å². The topological polar surface area (TPSA) is 58.4 Å². The predicted octanol–water partition coefficient (Wildman–Crippen LogP) is 1.20. The highest BCUT2D eigenvalue weighted by Gasteiger charge is 2.11. The molecular weight excluding hydrogens is 206 g/mol. The van der Waals surface area contributed by atoms with Gasteiger partial charge in [-0.3, -0.25) is 9.69 Å². The molecule has 0 aliphatic carbocycles. The normalized spacial score (nSPS) is 10.9. The fourth-order valence-corrected chi connectivity index (χ4v) is 1.70. The lowest BCUT2D eigenvalue weighted by Gasteiger charge is -2.19. The quantitative estimate of drug-likeness (QED) is 0.757. The second kappa shape index (κ2) is 6.27. The van der Waals surface area contributed by atoms with E-state index >= 15 is 0 Å². The Morgan fingerprint density at radius 1 is 1.56 bits per heavy atom. The van der Waals surface area contributed by atoms with Gasteiger partial charge in [0.05, 0.1) is 13.1 Å². The van der Waals surface area contributed by atoms with Crippen molar-refractivity contribution in [2.24, 2.45) is 0 Å². The molecule has 0 atom stereocenters. The van der Waals surface area contributed by atoms with Crippen LogP contribution in [-0.4, -0.2) is 38.6 Å². The third kappa shape index (κ3) is 3.66. The van der Waals surface area contributed by atoms with Crippen molar-refractivity contribution in [2.75, 3.05) is 13.1 Å². The number of aryl methyl sites for hydroxylation is 1. The van der Waals surface area contributed by atoms with Crippen molar-refractivity contribution in [3.63, 3.8) is 0 Å². The molecule has 0 amide bonds. The van der Waals surface area contributed by atoms with Crippen molar-refractivity contribution in [1.82, 2.24) is 14.5 Å². The van der Waals surface area contributed by atoms with Crippen LogP contribution in [0.15, 0.2) is 12.4 Å². The smallest absolute Gasteiger partial charge is 0.317 e. The van der Waals surface area contributed by atoms with Gasteiger partial charge in [-0.05, 0) is 19.9 Å². The van der Waals surface area contributed by atoms with Crippen LogP contribution in [0.4, 0.5) is 0 Å². The average molecular weight is 225 g/mol. The molecular formula is C11H19N3O2. The zero-order valence-electron chi connectivity index (χ0n) is 9.89. The molecule has 5 heteroatoms. The van der Waals surface area contributed by atoms with Crippen molar-refractivity contribution >= 4 is 5.97 Å². The summed E-state index contributed by atoms with van der Waals surface area (Å²) in [6, 6.07) is 0. The molecule has 0 saturated carbocycles. The highest BCUT2D eigenvalue weighted by Crippen LogP contribution is 2.03. The molecule has 1 aromatic rings. The van der Waals surface area contributed by atoms with E-state index in [1.807, 2.05) is 29.5 Å². The summed E-state index contributed by atoms with van der Waals surface area (Å²) in [5.41, 5.74) is 0. The van der Waals surface area contributed by atoms with Crippen LogP contribution < -0.4 is 0 Å². The second-order valence-electron chi connectivity index (χ2n) is 3.73.